The van der Waals surface area contributed by atoms with Gasteiger partial charge in [0.25, 0.3) is 5.91 Å². The number of amides is 2. The standard InChI is InChI=1S/C18H29N5O2.ClH/c19-10-16-8-4-5-9-23(16)18(25)14-11-20-22(12-14)13-17(24)21-15-6-2-1-3-7-15;/h11-12,15-16H,1-10,13,19H2,(H,21,24);1H. The molecule has 2 amide bonds. The molecular weight excluding hydrogens is 354 g/mol. The Labute approximate surface area is 161 Å². The molecule has 1 aromatic rings. The first-order valence-corrected chi connectivity index (χ1v) is 9.50. The minimum atomic E-state index is -0.0354. The highest BCUT2D eigenvalue weighted by molar-refractivity contribution is 5.94. The number of halogens is 1. The number of carbonyl (C=O) groups is 2. The molecule has 0 spiro atoms. The van der Waals surface area contributed by atoms with Gasteiger partial charge in [-0.1, -0.05) is 19.3 Å². The molecule has 0 bridgehead atoms. The maximum absolute atomic E-state index is 12.7. The Bertz CT molecular complexity index is 600. The monoisotopic (exact) mass is 383 g/mol. The fourth-order valence-corrected chi connectivity index (χ4v) is 3.91. The van der Waals surface area contributed by atoms with Gasteiger partial charge in [0.1, 0.15) is 6.54 Å². The van der Waals surface area contributed by atoms with E-state index < -0.39 is 0 Å². The van der Waals surface area contributed by atoms with Crippen molar-refractivity contribution in [3.05, 3.63) is 18.0 Å². The summed E-state index contributed by atoms with van der Waals surface area (Å²) in [5.74, 6) is -0.0686. The molecule has 2 fully saturated rings. The SMILES string of the molecule is Cl.NCC1CCCCN1C(=O)c1cnn(CC(=O)NC2CCCCC2)c1. The van der Waals surface area contributed by atoms with Crippen molar-refractivity contribution in [1.82, 2.24) is 20.0 Å². The highest BCUT2D eigenvalue weighted by atomic mass is 35.5. The van der Waals surface area contributed by atoms with E-state index in [0.717, 1.165) is 38.6 Å². The Morgan fingerprint density at radius 2 is 1.88 bits per heavy atom. The van der Waals surface area contributed by atoms with E-state index in [9.17, 15) is 9.59 Å². The molecule has 1 saturated heterocycles. The first-order valence-electron chi connectivity index (χ1n) is 9.50. The Kier molecular flexibility index (Phi) is 7.90. The lowest BCUT2D eigenvalue weighted by Crippen LogP contribution is -2.47. The fourth-order valence-electron chi connectivity index (χ4n) is 3.91. The number of nitrogens with two attached hydrogens (primary N) is 1. The molecule has 3 N–H and O–H groups in total. The van der Waals surface area contributed by atoms with Crippen molar-refractivity contribution in [2.24, 2.45) is 5.73 Å². The highest BCUT2D eigenvalue weighted by Crippen LogP contribution is 2.19. The maximum atomic E-state index is 12.7. The second-order valence-electron chi connectivity index (χ2n) is 7.21. The number of likely N-dealkylation sites (tertiary alicyclic amines) is 1. The van der Waals surface area contributed by atoms with Gasteiger partial charge in [-0.3, -0.25) is 14.3 Å². The number of hydrogen-bond acceptors (Lipinski definition) is 4. The summed E-state index contributed by atoms with van der Waals surface area (Å²) < 4.78 is 1.55. The van der Waals surface area contributed by atoms with E-state index in [0.29, 0.717) is 12.1 Å². The first-order chi connectivity index (χ1) is 12.2. The summed E-state index contributed by atoms with van der Waals surface area (Å²) in [6, 6.07) is 0.399. The maximum Gasteiger partial charge on any atom is 0.257 e. The zero-order valence-electron chi connectivity index (χ0n) is 15.2. The summed E-state index contributed by atoms with van der Waals surface area (Å²) in [5.41, 5.74) is 6.34. The molecule has 1 aliphatic heterocycles. The van der Waals surface area contributed by atoms with Crippen LogP contribution in [0.5, 0.6) is 0 Å². The smallest absolute Gasteiger partial charge is 0.257 e. The normalized spacial score (nSPS) is 21.1. The molecule has 1 unspecified atom stereocenters. The van der Waals surface area contributed by atoms with Gasteiger partial charge in [0, 0.05) is 31.4 Å². The van der Waals surface area contributed by atoms with Gasteiger partial charge in [-0.05, 0) is 32.1 Å². The third-order valence-electron chi connectivity index (χ3n) is 5.32. The van der Waals surface area contributed by atoms with E-state index in [1.165, 1.54) is 19.3 Å². The topological polar surface area (TPSA) is 93.2 Å². The molecule has 0 radical (unpaired) electrons. The lowest BCUT2D eigenvalue weighted by molar-refractivity contribution is -0.122. The van der Waals surface area contributed by atoms with E-state index in [1.54, 1.807) is 17.1 Å². The number of aromatic nitrogens is 2. The minimum absolute atomic E-state index is 0. The van der Waals surface area contributed by atoms with Crippen LogP contribution in [0.2, 0.25) is 0 Å². The summed E-state index contributed by atoms with van der Waals surface area (Å²) in [4.78, 5) is 26.7. The zero-order valence-corrected chi connectivity index (χ0v) is 16.0. The Hall–Kier alpha value is -1.60. The van der Waals surface area contributed by atoms with Crippen molar-refractivity contribution in [1.29, 1.82) is 0 Å². The summed E-state index contributed by atoms with van der Waals surface area (Å²) in [6.07, 6.45) is 12.1. The minimum Gasteiger partial charge on any atom is -0.352 e. The molecule has 8 heteroatoms. The predicted molar refractivity (Wildman–Crippen MR) is 102 cm³/mol. The van der Waals surface area contributed by atoms with Crippen molar-refractivity contribution in [3.8, 4) is 0 Å². The second-order valence-corrected chi connectivity index (χ2v) is 7.21. The van der Waals surface area contributed by atoms with Crippen LogP contribution in [-0.4, -0.2) is 51.7 Å². The quantitative estimate of drug-likeness (QED) is 0.809. The van der Waals surface area contributed by atoms with Gasteiger partial charge < -0.3 is 16.0 Å². The molecule has 2 heterocycles. The number of rotatable bonds is 5. The third-order valence-corrected chi connectivity index (χ3v) is 5.32. The molecule has 0 aromatic carbocycles. The lowest BCUT2D eigenvalue weighted by atomic mass is 9.95. The number of nitrogens with zero attached hydrogens (tertiary/aromatic N) is 3. The fraction of sp³-hybridized carbons (Fsp3) is 0.722. The summed E-state index contributed by atoms with van der Waals surface area (Å²) >= 11 is 0. The van der Waals surface area contributed by atoms with Gasteiger partial charge in [0.15, 0.2) is 0 Å². The number of piperidine rings is 1. The Morgan fingerprint density at radius 1 is 1.15 bits per heavy atom. The van der Waals surface area contributed by atoms with Crippen LogP contribution < -0.4 is 11.1 Å². The van der Waals surface area contributed by atoms with Crippen LogP contribution >= 0.6 is 12.4 Å². The van der Waals surface area contributed by atoms with Crippen molar-refractivity contribution >= 4 is 24.2 Å². The van der Waals surface area contributed by atoms with Gasteiger partial charge in [-0.15, -0.1) is 12.4 Å². The zero-order chi connectivity index (χ0) is 17.6. The van der Waals surface area contributed by atoms with Crippen LogP contribution in [0.25, 0.3) is 0 Å². The van der Waals surface area contributed by atoms with Crippen LogP contribution in [0.4, 0.5) is 0 Å². The van der Waals surface area contributed by atoms with Crippen LogP contribution in [0.1, 0.15) is 61.7 Å². The number of hydrogen-bond donors (Lipinski definition) is 2. The van der Waals surface area contributed by atoms with Gasteiger partial charge in [-0.2, -0.15) is 5.10 Å². The van der Waals surface area contributed by atoms with Crippen molar-refractivity contribution in [2.45, 2.75) is 70.0 Å². The molecule has 1 aromatic heterocycles. The van der Waals surface area contributed by atoms with Gasteiger partial charge in [0.2, 0.25) is 5.91 Å². The first kappa shape index (κ1) is 20.7. The van der Waals surface area contributed by atoms with Crippen molar-refractivity contribution in [2.75, 3.05) is 13.1 Å². The Balaban J connectivity index is 0.00000243. The van der Waals surface area contributed by atoms with E-state index >= 15 is 0 Å². The largest absolute Gasteiger partial charge is 0.352 e. The van der Waals surface area contributed by atoms with E-state index in [-0.39, 0.29) is 42.8 Å². The summed E-state index contributed by atoms with van der Waals surface area (Å²) in [6.45, 7) is 1.39. The van der Waals surface area contributed by atoms with Gasteiger partial charge in [0.05, 0.1) is 11.8 Å². The van der Waals surface area contributed by atoms with Crippen LogP contribution in [0.3, 0.4) is 0 Å². The predicted octanol–water partition coefficient (Wildman–Crippen LogP) is 1.71. The molecular formula is C18H30ClN5O2. The number of nitrogens with one attached hydrogen (secondary N) is 1. The highest BCUT2D eigenvalue weighted by Gasteiger charge is 2.27. The van der Waals surface area contributed by atoms with Gasteiger partial charge in [-0.25, -0.2) is 0 Å². The molecule has 26 heavy (non-hydrogen) atoms. The van der Waals surface area contributed by atoms with E-state index in [2.05, 4.69) is 10.4 Å². The molecule has 3 rings (SSSR count). The van der Waals surface area contributed by atoms with Crippen LogP contribution in [0.15, 0.2) is 12.4 Å². The molecule has 7 nitrogen and oxygen atoms in total. The summed E-state index contributed by atoms with van der Waals surface area (Å²) in [5, 5.41) is 7.27. The van der Waals surface area contributed by atoms with Crippen molar-refractivity contribution < 1.29 is 9.59 Å². The average molecular weight is 384 g/mol. The van der Waals surface area contributed by atoms with Crippen molar-refractivity contribution in [3.63, 3.8) is 0 Å². The molecule has 146 valence electrons. The molecule has 1 saturated carbocycles. The molecule has 2 aliphatic rings. The van der Waals surface area contributed by atoms with Crippen LogP contribution in [-0.2, 0) is 11.3 Å². The van der Waals surface area contributed by atoms with Crippen LogP contribution in [0, 0.1) is 0 Å². The lowest BCUT2D eigenvalue weighted by Gasteiger charge is -2.34. The van der Waals surface area contributed by atoms with E-state index in [4.69, 9.17) is 5.73 Å². The average Bonchev–Trinajstić information content (AvgIpc) is 3.10. The summed E-state index contributed by atoms with van der Waals surface area (Å²) in [7, 11) is 0. The third kappa shape index (κ3) is 5.20. The number of carbonyl (C=O) groups excluding carboxylic acids is 2. The molecule has 1 aliphatic carbocycles. The Morgan fingerprint density at radius 3 is 2.62 bits per heavy atom. The van der Waals surface area contributed by atoms with Gasteiger partial charge >= 0.3 is 0 Å². The molecule has 1 atom stereocenters. The van der Waals surface area contributed by atoms with E-state index in [1.807, 2.05) is 4.90 Å². The second kappa shape index (κ2) is 9.92.